The summed E-state index contributed by atoms with van der Waals surface area (Å²) in [5.74, 6) is 1.48. The average Bonchev–Trinajstić information content (AvgIpc) is 3.27. The number of carbonyl (C=O) groups is 1. The van der Waals surface area contributed by atoms with Crippen LogP contribution in [0.4, 0.5) is 5.82 Å². The van der Waals surface area contributed by atoms with Gasteiger partial charge in [0, 0.05) is 67.5 Å². The van der Waals surface area contributed by atoms with Crippen LogP contribution in [0.15, 0.2) is 60.0 Å². The van der Waals surface area contributed by atoms with Crippen molar-refractivity contribution >= 4 is 17.4 Å². The third-order valence-corrected chi connectivity index (χ3v) is 5.77. The second-order valence-corrected chi connectivity index (χ2v) is 8.41. The molecule has 0 spiro atoms. The Labute approximate surface area is 193 Å². The van der Waals surface area contributed by atoms with E-state index >= 15 is 0 Å². The molecule has 8 nitrogen and oxygen atoms in total. The second-order valence-electron chi connectivity index (χ2n) is 8.41. The Hall–Kier alpha value is -3.81. The summed E-state index contributed by atoms with van der Waals surface area (Å²) in [7, 11) is 0. The van der Waals surface area contributed by atoms with Crippen LogP contribution in [0.3, 0.4) is 0 Å². The van der Waals surface area contributed by atoms with Crippen LogP contribution in [0, 0.1) is 0 Å². The molecule has 1 amide bonds. The summed E-state index contributed by atoms with van der Waals surface area (Å²) in [6.45, 7) is 7.29. The number of pyridine rings is 3. The van der Waals surface area contributed by atoms with Crippen molar-refractivity contribution in [1.29, 1.82) is 0 Å². The van der Waals surface area contributed by atoms with Crippen LogP contribution in [-0.4, -0.2) is 63.8 Å². The van der Waals surface area contributed by atoms with Crippen molar-refractivity contribution in [2.45, 2.75) is 26.5 Å². The van der Waals surface area contributed by atoms with Gasteiger partial charge >= 0.3 is 0 Å². The molecular formula is C25H26N6O2. The minimum absolute atomic E-state index is 0.0260. The van der Waals surface area contributed by atoms with E-state index in [2.05, 4.69) is 25.9 Å². The Morgan fingerprint density at radius 2 is 1.85 bits per heavy atom. The van der Waals surface area contributed by atoms with E-state index in [1.165, 1.54) is 0 Å². The molecule has 1 saturated heterocycles. The summed E-state index contributed by atoms with van der Waals surface area (Å²) in [4.78, 5) is 34.7. The van der Waals surface area contributed by atoms with Gasteiger partial charge in [-0.05, 0) is 38.1 Å². The van der Waals surface area contributed by atoms with Gasteiger partial charge < -0.3 is 14.5 Å². The Morgan fingerprint density at radius 1 is 1.00 bits per heavy atom. The van der Waals surface area contributed by atoms with E-state index in [0.29, 0.717) is 44.3 Å². The molecule has 5 rings (SSSR count). The highest BCUT2D eigenvalue weighted by Crippen LogP contribution is 2.27. The van der Waals surface area contributed by atoms with Crippen LogP contribution >= 0.6 is 0 Å². The molecule has 2 aliphatic heterocycles. The fourth-order valence-corrected chi connectivity index (χ4v) is 4.14. The number of nitrogens with zero attached hydrogens (tertiary/aromatic N) is 6. The molecule has 0 bridgehead atoms. The maximum absolute atomic E-state index is 12.7. The summed E-state index contributed by atoms with van der Waals surface area (Å²) in [6.07, 6.45) is 5.39. The van der Waals surface area contributed by atoms with Crippen molar-refractivity contribution in [2.75, 3.05) is 31.1 Å². The molecule has 1 fully saturated rings. The minimum atomic E-state index is -0.0260. The van der Waals surface area contributed by atoms with Crippen LogP contribution in [0.2, 0.25) is 0 Å². The van der Waals surface area contributed by atoms with Gasteiger partial charge in [-0.15, -0.1) is 0 Å². The van der Waals surface area contributed by atoms with E-state index in [4.69, 9.17) is 9.73 Å². The van der Waals surface area contributed by atoms with Gasteiger partial charge in [-0.1, -0.05) is 6.07 Å². The first-order valence-corrected chi connectivity index (χ1v) is 11.2. The molecule has 0 aliphatic carbocycles. The first-order valence-electron chi connectivity index (χ1n) is 11.2. The smallest absolute Gasteiger partial charge is 0.272 e. The molecule has 0 radical (unpaired) electrons. The van der Waals surface area contributed by atoms with Crippen molar-refractivity contribution in [1.82, 2.24) is 19.9 Å². The molecule has 3 aromatic heterocycles. The fraction of sp³-hybridized carbons (Fsp3) is 0.320. The molecule has 168 valence electrons. The van der Waals surface area contributed by atoms with Gasteiger partial charge in [-0.25, -0.2) is 9.97 Å². The highest BCUT2D eigenvalue weighted by atomic mass is 16.5. The highest BCUT2D eigenvalue weighted by molar-refractivity contribution is 6.15. The lowest BCUT2D eigenvalue weighted by Gasteiger charge is -2.35. The number of aromatic nitrogens is 3. The lowest BCUT2D eigenvalue weighted by molar-refractivity contribution is 0.0740. The minimum Gasteiger partial charge on any atom is -0.475 e. The summed E-state index contributed by atoms with van der Waals surface area (Å²) in [5.41, 5.74) is 4.60. The Bertz CT molecular complexity index is 1190. The molecule has 0 atom stereocenters. The summed E-state index contributed by atoms with van der Waals surface area (Å²) in [5, 5.41) is 0. The molecule has 0 unspecified atom stereocenters. The van der Waals surface area contributed by atoms with E-state index in [0.717, 1.165) is 28.2 Å². The van der Waals surface area contributed by atoms with E-state index < -0.39 is 0 Å². The van der Waals surface area contributed by atoms with Gasteiger partial charge in [0.25, 0.3) is 5.91 Å². The monoisotopic (exact) mass is 442 g/mol. The molecule has 3 aromatic rings. The first-order chi connectivity index (χ1) is 16.1. The topological polar surface area (TPSA) is 83.8 Å². The zero-order valence-corrected chi connectivity index (χ0v) is 18.8. The summed E-state index contributed by atoms with van der Waals surface area (Å²) >= 11 is 0. The standard InChI is InChI=1S/C25H26N6O2/c1-17(2)33-23-14-20-19(15-28-23)16-29-24(20)18-6-8-27-22(13-18)30-9-11-31(12-10-30)25(32)21-5-3-4-7-26-21/h3-8,13-15,17H,9-12,16H2,1-2H3. The van der Waals surface area contributed by atoms with Crippen LogP contribution < -0.4 is 9.64 Å². The highest BCUT2D eigenvalue weighted by Gasteiger charge is 2.25. The number of carbonyl (C=O) groups excluding carboxylic acids is 1. The number of aliphatic imine (C=N–C) groups is 1. The molecule has 0 aromatic carbocycles. The van der Waals surface area contributed by atoms with E-state index in [9.17, 15) is 4.79 Å². The van der Waals surface area contributed by atoms with Gasteiger partial charge in [-0.2, -0.15) is 0 Å². The van der Waals surface area contributed by atoms with Gasteiger partial charge in [-0.3, -0.25) is 14.8 Å². The number of fused-ring (bicyclic) bond motifs is 1. The fourth-order valence-electron chi connectivity index (χ4n) is 4.14. The molecule has 8 heteroatoms. The third-order valence-electron chi connectivity index (χ3n) is 5.77. The Kier molecular flexibility index (Phi) is 5.73. The number of piperazine rings is 1. The van der Waals surface area contributed by atoms with Crippen molar-refractivity contribution in [3.8, 4) is 5.88 Å². The van der Waals surface area contributed by atoms with E-state index in [1.807, 2.05) is 55.4 Å². The molecule has 0 saturated carbocycles. The lowest BCUT2D eigenvalue weighted by Crippen LogP contribution is -2.49. The van der Waals surface area contributed by atoms with Gasteiger partial charge in [0.15, 0.2) is 0 Å². The number of hydrogen-bond acceptors (Lipinski definition) is 7. The van der Waals surface area contributed by atoms with Crippen LogP contribution in [-0.2, 0) is 6.54 Å². The molecular weight excluding hydrogens is 416 g/mol. The van der Waals surface area contributed by atoms with Crippen molar-refractivity contribution in [3.63, 3.8) is 0 Å². The predicted octanol–water partition coefficient (Wildman–Crippen LogP) is 2.97. The number of amides is 1. The Morgan fingerprint density at radius 3 is 2.61 bits per heavy atom. The number of ether oxygens (including phenoxy) is 1. The van der Waals surface area contributed by atoms with Crippen LogP contribution in [0.25, 0.3) is 0 Å². The van der Waals surface area contributed by atoms with Gasteiger partial charge in [0.2, 0.25) is 5.88 Å². The first kappa shape index (κ1) is 21.1. The van der Waals surface area contributed by atoms with Crippen molar-refractivity contribution < 1.29 is 9.53 Å². The second kappa shape index (κ2) is 8.97. The van der Waals surface area contributed by atoms with Gasteiger partial charge in [0.1, 0.15) is 11.5 Å². The maximum atomic E-state index is 12.7. The molecule has 33 heavy (non-hydrogen) atoms. The van der Waals surface area contributed by atoms with Crippen molar-refractivity contribution in [3.05, 3.63) is 77.4 Å². The maximum Gasteiger partial charge on any atom is 0.272 e. The third kappa shape index (κ3) is 4.41. The van der Waals surface area contributed by atoms with E-state index in [1.54, 1.807) is 12.3 Å². The Balaban J connectivity index is 1.30. The number of rotatable bonds is 5. The molecule has 0 N–H and O–H groups in total. The van der Waals surface area contributed by atoms with Crippen LogP contribution in [0.5, 0.6) is 5.88 Å². The number of hydrogen-bond donors (Lipinski definition) is 0. The lowest BCUT2D eigenvalue weighted by atomic mass is 10.0. The van der Waals surface area contributed by atoms with Crippen LogP contribution in [0.1, 0.15) is 41.0 Å². The predicted molar refractivity (Wildman–Crippen MR) is 126 cm³/mol. The average molecular weight is 443 g/mol. The summed E-state index contributed by atoms with van der Waals surface area (Å²) < 4.78 is 5.78. The summed E-state index contributed by atoms with van der Waals surface area (Å²) in [6, 6.07) is 11.4. The van der Waals surface area contributed by atoms with E-state index in [-0.39, 0.29) is 12.0 Å². The normalized spacial score (nSPS) is 15.4. The van der Waals surface area contributed by atoms with Gasteiger partial charge in [0.05, 0.1) is 18.4 Å². The zero-order valence-electron chi connectivity index (χ0n) is 18.8. The quantitative estimate of drug-likeness (QED) is 0.604. The largest absolute Gasteiger partial charge is 0.475 e. The van der Waals surface area contributed by atoms with Crippen molar-refractivity contribution in [2.24, 2.45) is 4.99 Å². The number of anilines is 1. The molecule has 5 heterocycles. The molecule has 2 aliphatic rings. The SMILES string of the molecule is CC(C)Oc1cc2c(cn1)CN=C2c1ccnc(N2CCN(C(=O)c3ccccn3)CC2)c1. The zero-order chi connectivity index (χ0) is 22.8.